The van der Waals surface area contributed by atoms with Crippen LogP contribution in [-0.2, 0) is 73.3 Å². The quantitative estimate of drug-likeness (QED) is 0.0341. The number of carbonyl (C=O) groups is 3. The number of hydrogen-bond acceptors (Lipinski definition) is 22. The molecule has 0 saturated carbocycles. The molecule has 3 amide bonds. The zero-order valence-corrected chi connectivity index (χ0v) is 66.1. The van der Waals surface area contributed by atoms with Gasteiger partial charge < -0.3 is 43.6 Å². The number of hydrogen-bond donors (Lipinski definition) is 0. The molecule has 15 rings (SSSR count). The molecule has 119 heavy (non-hydrogen) atoms. The molecule has 0 N–H and O–H groups in total. The van der Waals surface area contributed by atoms with Crippen LogP contribution in [0.15, 0.2) is 179 Å². The van der Waals surface area contributed by atoms with Gasteiger partial charge in [-0.1, -0.05) is 72.8 Å². The highest BCUT2D eigenvalue weighted by atomic mass is 31.2. The summed E-state index contributed by atoms with van der Waals surface area (Å²) >= 11 is 0. The van der Waals surface area contributed by atoms with Crippen molar-refractivity contribution in [2.24, 2.45) is 21.1 Å². The molecule has 0 bridgehead atoms. The first-order chi connectivity index (χ1) is 57.2. The molecule has 3 aliphatic rings. The first-order valence-corrected chi connectivity index (χ1v) is 39.5. The molecule has 0 spiro atoms. The molecule has 3 unspecified atom stereocenters. The van der Waals surface area contributed by atoms with Gasteiger partial charge in [0.15, 0.2) is 0 Å². The number of piperazine rings is 3. The van der Waals surface area contributed by atoms with Crippen LogP contribution in [0.2, 0.25) is 0 Å². The maximum absolute atomic E-state index is 15.0. The Kier molecular flexibility index (Phi) is 23.6. The summed E-state index contributed by atoms with van der Waals surface area (Å²) in [6, 6.07) is 33.3. The van der Waals surface area contributed by atoms with Crippen molar-refractivity contribution in [3.63, 3.8) is 0 Å². The smallest absolute Gasteiger partial charge is 0.434 e. The summed E-state index contributed by atoms with van der Waals surface area (Å²) in [6.07, 6.45) is 9.76. The van der Waals surface area contributed by atoms with E-state index in [1.54, 1.807) is 202 Å². The van der Waals surface area contributed by atoms with Crippen LogP contribution in [0.1, 0.15) is 37.5 Å². The van der Waals surface area contributed by atoms with Crippen molar-refractivity contribution in [2.45, 2.75) is 78.4 Å². The number of fused-ring (bicyclic) bond motifs is 3. The molecular weight excluding hydrogens is 1580 g/mol. The van der Waals surface area contributed by atoms with Gasteiger partial charge in [-0.15, -0.1) is 0 Å². The van der Waals surface area contributed by atoms with Gasteiger partial charge in [0.2, 0.25) is 35.6 Å². The lowest BCUT2D eigenvalue weighted by atomic mass is 10.1. The van der Waals surface area contributed by atoms with Gasteiger partial charge in [-0.25, -0.2) is 34.5 Å². The van der Waals surface area contributed by atoms with Gasteiger partial charge >= 0.3 is 27.7 Å². The largest absolute Gasteiger partial charge is 0.476 e. The van der Waals surface area contributed by atoms with E-state index in [0.717, 1.165) is 0 Å². The van der Waals surface area contributed by atoms with E-state index in [9.17, 15) is 59.7 Å². The number of alkyl halides is 6. The summed E-state index contributed by atoms with van der Waals surface area (Å²) in [4.78, 5) is 121. The molecule has 3 saturated heterocycles. The van der Waals surface area contributed by atoms with Crippen LogP contribution in [0.25, 0.3) is 66.1 Å². The highest BCUT2D eigenvalue weighted by Crippen LogP contribution is 2.50. The highest BCUT2D eigenvalue weighted by Gasteiger charge is 2.39. The summed E-state index contributed by atoms with van der Waals surface area (Å²) in [5, 5.41) is 1.22. The zero-order chi connectivity index (χ0) is 83.7. The number of amides is 3. The average Bonchev–Trinajstić information content (AvgIpc) is 1.66. The number of phosphoric acid groups is 1. The fourth-order valence-electron chi connectivity index (χ4n) is 15.4. The topological polar surface area (TPSA) is 301 Å². The molecule has 0 aliphatic carbocycles. The average molecular weight is 1660 g/mol. The van der Waals surface area contributed by atoms with Gasteiger partial charge in [0.1, 0.15) is 37.1 Å². The van der Waals surface area contributed by atoms with Gasteiger partial charge in [-0.3, -0.25) is 70.4 Å². The number of para-hydroxylation sites is 3. The summed E-state index contributed by atoms with van der Waals surface area (Å²) < 4.78 is 136. The predicted octanol–water partition coefficient (Wildman–Crippen LogP) is 9.64. The third kappa shape index (κ3) is 17.4. The summed E-state index contributed by atoms with van der Waals surface area (Å²) in [7, 11) is -0.203. The first kappa shape index (κ1) is 81.4. The van der Waals surface area contributed by atoms with E-state index in [1.807, 2.05) is 14.7 Å². The van der Waals surface area contributed by atoms with Crippen molar-refractivity contribution < 1.29 is 73.1 Å². The van der Waals surface area contributed by atoms with E-state index < -0.39 is 83.3 Å². The minimum atomic E-state index is -4.96. The normalized spacial score (nSPS) is 16.6. The molecule has 6 aromatic carbocycles. The van der Waals surface area contributed by atoms with Crippen molar-refractivity contribution in [1.82, 2.24) is 72.7 Å². The van der Waals surface area contributed by atoms with E-state index in [1.165, 1.54) is 46.9 Å². The Bertz CT molecular complexity index is 5460. The van der Waals surface area contributed by atoms with Crippen molar-refractivity contribution >= 4 is 76.1 Å². The Morgan fingerprint density at radius 3 is 0.899 bits per heavy atom. The number of benzene rings is 6. The second kappa shape index (κ2) is 34.5. The van der Waals surface area contributed by atoms with Crippen LogP contribution in [0.3, 0.4) is 0 Å². The van der Waals surface area contributed by atoms with Crippen molar-refractivity contribution in [3.8, 4) is 50.6 Å². The van der Waals surface area contributed by atoms with E-state index in [4.69, 9.17) is 27.8 Å². The minimum absolute atomic E-state index is 0.0185. The van der Waals surface area contributed by atoms with Gasteiger partial charge in [-0.05, 0) is 92.1 Å². The van der Waals surface area contributed by atoms with Crippen LogP contribution in [0, 0.1) is 0 Å². The van der Waals surface area contributed by atoms with Crippen LogP contribution >= 0.6 is 7.82 Å². The standard InChI is InChI=1S/C81H81F6N18O13P/c1-49-40-97(79-88-34-58(35-89-79)52-19-22-61-64(31-52)103(94(4)73(61)109)43-55-13-7-10-16-67(55)116-76(82)83)25-28-100(49)70(106)46-113-119(112,114-47-71(107)101-29-26-98(41-50(101)2)80-90-36-59(37-91-80)53-20-23-62-65(32-53)104(95(5)74(62)110)44-56-14-8-11-17-68(56)117-77(84)85)115-48-72(108)102-30-27-99(42-51(102)3)81-92-38-60(39-93-81)54-21-24-63-66(33-54)105(96(6)75(63)111)45-57-15-9-12-18-69(57)118-78(86)87/h7-24,31-39,49-51,76-78H,25-30,40-48H2,1-6H3. The van der Waals surface area contributed by atoms with E-state index in [-0.39, 0.29) is 112 Å². The summed E-state index contributed by atoms with van der Waals surface area (Å²) in [5.74, 6) is -0.807. The lowest BCUT2D eigenvalue weighted by molar-refractivity contribution is -0.138. The molecule has 9 heterocycles. The number of aromatic nitrogens is 12. The molecule has 620 valence electrons. The van der Waals surface area contributed by atoms with Crippen LogP contribution in [-0.4, -0.2) is 207 Å². The van der Waals surface area contributed by atoms with Crippen LogP contribution in [0.5, 0.6) is 17.2 Å². The van der Waals surface area contributed by atoms with E-state index in [0.29, 0.717) is 101 Å². The van der Waals surface area contributed by atoms with Gasteiger partial charge in [-0.2, -0.15) is 26.3 Å². The molecule has 3 fully saturated rings. The lowest BCUT2D eigenvalue weighted by Gasteiger charge is -2.40. The number of nitrogens with zero attached hydrogens (tertiary/aromatic N) is 18. The molecule has 38 heteroatoms. The Labute approximate surface area is 674 Å². The van der Waals surface area contributed by atoms with Crippen molar-refractivity contribution in [2.75, 3.05) is 93.4 Å². The molecular formula is C81H81F6N18O13P. The van der Waals surface area contributed by atoms with Crippen molar-refractivity contribution in [1.29, 1.82) is 0 Å². The first-order valence-electron chi connectivity index (χ1n) is 38.0. The second-order valence-corrected chi connectivity index (χ2v) is 30.7. The van der Waals surface area contributed by atoms with E-state index >= 15 is 0 Å². The number of rotatable bonds is 27. The monoisotopic (exact) mass is 1660 g/mol. The second-order valence-electron chi connectivity index (χ2n) is 29.0. The Morgan fingerprint density at radius 2 is 0.647 bits per heavy atom. The number of ether oxygens (including phenoxy) is 3. The molecule has 0 radical (unpaired) electrons. The SMILES string of the molecule is CC1CN(c2ncc(-c3ccc4c(=O)n(C)n(Cc5ccccc5OC(F)F)c4c3)cn2)CCN1C(=O)COP(=O)(OCC(=O)N1CCN(c2ncc(-c3ccc4c(=O)n(C)n(Cc5ccccc5OC(F)F)c4c3)cn2)CC1C)OCC(=O)N1CCN(c2ncc(-c3ccc4c(=O)n(C)n(Cc5ccccc5OC(F)F)c4c3)cn2)CC1C. The molecule has 31 nitrogen and oxygen atoms in total. The summed E-state index contributed by atoms with van der Waals surface area (Å²) in [6.45, 7) is -4.16. The Morgan fingerprint density at radius 1 is 0.387 bits per heavy atom. The van der Waals surface area contributed by atoms with Crippen molar-refractivity contribution in [3.05, 3.63) is 212 Å². The Hall–Kier alpha value is -12.7. The minimum Gasteiger partial charge on any atom is -0.434 e. The number of anilines is 3. The predicted molar refractivity (Wildman–Crippen MR) is 427 cm³/mol. The maximum Gasteiger partial charge on any atom is 0.476 e. The van der Waals surface area contributed by atoms with Crippen LogP contribution < -0.4 is 45.6 Å². The molecule has 6 aromatic heterocycles. The molecule has 3 atom stereocenters. The van der Waals surface area contributed by atoms with Gasteiger partial charge in [0.05, 0.1) is 52.3 Å². The number of phosphoric ester groups is 1. The Balaban J connectivity index is 0.595. The lowest BCUT2D eigenvalue weighted by Crippen LogP contribution is -2.55. The van der Waals surface area contributed by atoms with Crippen LogP contribution in [0.4, 0.5) is 44.2 Å². The third-order valence-corrected chi connectivity index (χ3v) is 23.0. The molecule has 12 aromatic rings. The highest BCUT2D eigenvalue weighted by molar-refractivity contribution is 7.48. The number of halogens is 6. The fraction of sp³-hybridized carbons (Fsp3) is 0.333. The number of carbonyl (C=O) groups excluding carboxylic acids is 3. The zero-order valence-electron chi connectivity index (χ0n) is 65.2. The molecule has 3 aliphatic heterocycles. The third-order valence-electron chi connectivity index (χ3n) is 21.7. The van der Waals surface area contributed by atoms with Gasteiger partial charge in [0, 0.05) is 169 Å². The maximum atomic E-state index is 15.0. The fourth-order valence-corrected chi connectivity index (χ4v) is 16.5. The summed E-state index contributed by atoms with van der Waals surface area (Å²) in [5.41, 5.74) is 5.90. The van der Waals surface area contributed by atoms with E-state index in [2.05, 4.69) is 29.9 Å². The van der Waals surface area contributed by atoms with Gasteiger partial charge in [0.25, 0.3) is 16.7 Å².